The SMILES string of the molecule is CC(C)[C@@H](N)C(=O)N1CCSC[C@H]1C#N.Cl. The second-order valence-corrected chi connectivity index (χ2v) is 5.17. The summed E-state index contributed by atoms with van der Waals surface area (Å²) >= 11 is 1.71. The van der Waals surface area contributed by atoms with E-state index in [9.17, 15) is 4.79 Å². The minimum Gasteiger partial charge on any atom is -0.324 e. The molecule has 1 saturated heterocycles. The average Bonchev–Trinajstić information content (AvgIpc) is 2.26. The van der Waals surface area contributed by atoms with Crippen molar-refractivity contribution in [1.29, 1.82) is 5.26 Å². The summed E-state index contributed by atoms with van der Waals surface area (Å²) in [7, 11) is 0. The first kappa shape index (κ1) is 15.6. The van der Waals surface area contributed by atoms with Gasteiger partial charge in [-0.1, -0.05) is 13.8 Å². The first-order valence-corrected chi connectivity index (χ1v) is 6.26. The Morgan fingerprint density at radius 1 is 1.62 bits per heavy atom. The second-order valence-electron chi connectivity index (χ2n) is 4.02. The van der Waals surface area contributed by atoms with E-state index in [1.54, 1.807) is 16.7 Å². The van der Waals surface area contributed by atoms with E-state index in [1.165, 1.54) is 0 Å². The highest BCUT2D eigenvalue weighted by molar-refractivity contribution is 7.99. The van der Waals surface area contributed by atoms with Crippen LogP contribution in [0.5, 0.6) is 0 Å². The Balaban J connectivity index is 0.00000225. The number of hydrogen-bond donors (Lipinski definition) is 1. The molecule has 92 valence electrons. The van der Waals surface area contributed by atoms with Crippen LogP contribution in [-0.2, 0) is 4.79 Å². The lowest BCUT2D eigenvalue weighted by Crippen LogP contribution is -2.53. The van der Waals surface area contributed by atoms with E-state index in [1.807, 2.05) is 13.8 Å². The molecule has 1 amide bonds. The van der Waals surface area contributed by atoms with Crippen LogP contribution in [0.3, 0.4) is 0 Å². The molecule has 0 aromatic rings. The van der Waals surface area contributed by atoms with Crippen molar-refractivity contribution in [2.24, 2.45) is 11.7 Å². The van der Waals surface area contributed by atoms with Gasteiger partial charge in [-0.05, 0) is 5.92 Å². The molecule has 2 atom stereocenters. The largest absolute Gasteiger partial charge is 0.324 e. The van der Waals surface area contributed by atoms with E-state index < -0.39 is 6.04 Å². The van der Waals surface area contributed by atoms with Gasteiger partial charge in [0.05, 0.1) is 12.1 Å². The number of nitriles is 1. The van der Waals surface area contributed by atoms with E-state index in [0.717, 1.165) is 5.75 Å². The Morgan fingerprint density at radius 2 is 2.25 bits per heavy atom. The Morgan fingerprint density at radius 3 is 2.75 bits per heavy atom. The number of nitrogens with two attached hydrogens (primary N) is 1. The molecule has 1 fully saturated rings. The van der Waals surface area contributed by atoms with Gasteiger partial charge in [-0.3, -0.25) is 4.79 Å². The van der Waals surface area contributed by atoms with E-state index >= 15 is 0 Å². The zero-order valence-electron chi connectivity index (χ0n) is 9.55. The topological polar surface area (TPSA) is 70.1 Å². The lowest BCUT2D eigenvalue weighted by molar-refractivity contribution is -0.134. The van der Waals surface area contributed by atoms with E-state index in [2.05, 4.69) is 6.07 Å². The van der Waals surface area contributed by atoms with E-state index in [0.29, 0.717) is 12.3 Å². The summed E-state index contributed by atoms with van der Waals surface area (Å²) in [5.41, 5.74) is 5.80. The third-order valence-electron chi connectivity index (χ3n) is 2.56. The molecule has 1 aliphatic rings. The van der Waals surface area contributed by atoms with Crippen molar-refractivity contribution in [2.75, 3.05) is 18.1 Å². The van der Waals surface area contributed by atoms with Crippen molar-refractivity contribution in [3.8, 4) is 6.07 Å². The van der Waals surface area contributed by atoms with Crippen LogP contribution in [0.4, 0.5) is 0 Å². The molecule has 0 aliphatic carbocycles. The predicted molar refractivity (Wildman–Crippen MR) is 68.5 cm³/mol. The number of amides is 1. The van der Waals surface area contributed by atoms with Crippen LogP contribution in [0.2, 0.25) is 0 Å². The van der Waals surface area contributed by atoms with Gasteiger partial charge < -0.3 is 10.6 Å². The fraction of sp³-hybridized carbons (Fsp3) is 0.800. The van der Waals surface area contributed by atoms with Crippen LogP contribution in [0.25, 0.3) is 0 Å². The van der Waals surface area contributed by atoms with Gasteiger partial charge in [0.1, 0.15) is 6.04 Å². The molecule has 16 heavy (non-hydrogen) atoms. The van der Waals surface area contributed by atoms with Crippen LogP contribution < -0.4 is 5.73 Å². The fourth-order valence-corrected chi connectivity index (χ4v) is 2.42. The molecule has 0 aromatic heterocycles. The van der Waals surface area contributed by atoms with E-state index in [-0.39, 0.29) is 30.3 Å². The minimum absolute atomic E-state index is 0. The summed E-state index contributed by atoms with van der Waals surface area (Å²) in [5.74, 6) is 1.63. The first-order valence-electron chi connectivity index (χ1n) is 5.11. The molecular formula is C10H18ClN3OS. The lowest BCUT2D eigenvalue weighted by atomic mass is 10.0. The first-order chi connectivity index (χ1) is 7.07. The zero-order valence-corrected chi connectivity index (χ0v) is 11.2. The van der Waals surface area contributed by atoms with E-state index in [4.69, 9.17) is 11.0 Å². The van der Waals surface area contributed by atoms with Gasteiger partial charge in [-0.25, -0.2) is 0 Å². The summed E-state index contributed by atoms with van der Waals surface area (Å²) in [6, 6.07) is 1.37. The highest BCUT2D eigenvalue weighted by atomic mass is 35.5. The average molecular weight is 264 g/mol. The van der Waals surface area contributed by atoms with Gasteiger partial charge in [0.25, 0.3) is 0 Å². The lowest BCUT2D eigenvalue weighted by Gasteiger charge is -2.33. The number of rotatable bonds is 2. The van der Waals surface area contributed by atoms with Crippen molar-refractivity contribution < 1.29 is 4.79 Å². The van der Waals surface area contributed by atoms with Crippen LogP contribution in [0.1, 0.15) is 13.8 Å². The third kappa shape index (κ3) is 3.55. The molecule has 0 radical (unpaired) electrons. The monoisotopic (exact) mass is 263 g/mol. The van der Waals surface area contributed by atoms with Crippen LogP contribution in [0.15, 0.2) is 0 Å². The standard InChI is InChI=1S/C10H17N3OS.ClH/c1-7(2)9(12)10(14)13-3-4-15-6-8(13)5-11;/h7-9H,3-4,6,12H2,1-2H3;1H/t8-,9-;/m1./s1. The molecule has 1 aliphatic heterocycles. The maximum atomic E-state index is 11.9. The molecular weight excluding hydrogens is 246 g/mol. The number of carbonyl (C=O) groups excluding carboxylic acids is 1. The number of carbonyl (C=O) groups is 1. The molecule has 1 rings (SSSR count). The number of halogens is 1. The highest BCUT2D eigenvalue weighted by Gasteiger charge is 2.31. The number of thioether (sulfide) groups is 1. The minimum atomic E-state index is -0.482. The van der Waals surface area contributed by atoms with Gasteiger partial charge in [0.2, 0.25) is 5.91 Å². The Kier molecular flexibility index (Phi) is 6.81. The molecule has 0 saturated carbocycles. The van der Waals surface area contributed by atoms with Crippen molar-refractivity contribution in [3.05, 3.63) is 0 Å². The van der Waals surface area contributed by atoms with Crippen molar-refractivity contribution in [1.82, 2.24) is 4.90 Å². The smallest absolute Gasteiger partial charge is 0.240 e. The summed E-state index contributed by atoms with van der Waals surface area (Å²) in [4.78, 5) is 13.6. The van der Waals surface area contributed by atoms with Gasteiger partial charge >= 0.3 is 0 Å². The Labute approximate surface area is 107 Å². The van der Waals surface area contributed by atoms with Crippen molar-refractivity contribution in [2.45, 2.75) is 25.9 Å². The zero-order chi connectivity index (χ0) is 11.4. The second kappa shape index (κ2) is 7.00. The molecule has 4 nitrogen and oxygen atoms in total. The summed E-state index contributed by atoms with van der Waals surface area (Å²) < 4.78 is 0. The molecule has 0 unspecified atom stereocenters. The number of nitrogens with zero attached hydrogens (tertiary/aromatic N) is 2. The summed E-state index contributed by atoms with van der Waals surface area (Å²) in [5, 5.41) is 8.93. The predicted octanol–water partition coefficient (Wildman–Crippen LogP) is 0.859. The maximum Gasteiger partial charge on any atom is 0.240 e. The molecule has 6 heteroatoms. The molecule has 2 N–H and O–H groups in total. The number of hydrogen-bond acceptors (Lipinski definition) is 4. The quantitative estimate of drug-likeness (QED) is 0.802. The Bertz CT molecular complexity index is 280. The maximum absolute atomic E-state index is 11.9. The van der Waals surface area contributed by atoms with Gasteiger partial charge in [0, 0.05) is 18.1 Å². The van der Waals surface area contributed by atoms with Gasteiger partial charge in [0.15, 0.2) is 0 Å². The van der Waals surface area contributed by atoms with Crippen molar-refractivity contribution in [3.63, 3.8) is 0 Å². The van der Waals surface area contributed by atoms with Crippen molar-refractivity contribution >= 4 is 30.1 Å². The molecule has 0 aromatic carbocycles. The fourth-order valence-electron chi connectivity index (χ4n) is 1.45. The third-order valence-corrected chi connectivity index (χ3v) is 3.59. The normalized spacial score (nSPS) is 22.2. The summed E-state index contributed by atoms with van der Waals surface area (Å²) in [6.45, 7) is 4.48. The van der Waals surface area contributed by atoms with Crippen LogP contribution >= 0.6 is 24.2 Å². The van der Waals surface area contributed by atoms with Crippen LogP contribution in [0, 0.1) is 17.2 Å². The van der Waals surface area contributed by atoms with Gasteiger partial charge in [-0.2, -0.15) is 17.0 Å². The molecule has 1 heterocycles. The molecule has 0 bridgehead atoms. The van der Waals surface area contributed by atoms with Gasteiger partial charge in [-0.15, -0.1) is 12.4 Å². The summed E-state index contributed by atoms with van der Waals surface area (Å²) in [6.07, 6.45) is 0. The molecule has 0 spiro atoms. The highest BCUT2D eigenvalue weighted by Crippen LogP contribution is 2.17. The van der Waals surface area contributed by atoms with Crippen LogP contribution in [-0.4, -0.2) is 40.9 Å². The Hall–Kier alpha value is -0.440.